The summed E-state index contributed by atoms with van der Waals surface area (Å²) in [7, 11) is 0. The van der Waals surface area contributed by atoms with Gasteiger partial charge in [0.2, 0.25) is 5.91 Å². The Bertz CT molecular complexity index is 802. The van der Waals surface area contributed by atoms with Crippen molar-refractivity contribution in [3.8, 4) is 5.69 Å². The van der Waals surface area contributed by atoms with E-state index in [1.165, 1.54) is 0 Å². The van der Waals surface area contributed by atoms with Gasteiger partial charge in [-0.25, -0.2) is 9.78 Å². The molecule has 1 amide bonds. The zero-order valence-corrected chi connectivity index (χ0v) is 14.4. The van der Waals surface area contributed by atoms with Crippen molar-refractivity contribution in [1.29, 1.82) is 0 Å². The number of para-hydroxylation sites is 2. The number of nitrogens with zero attached hydrogens (tertiary/aromatic N) is 3. The number of hydrogen-bond donors (Lipinski definition) is 0. The number of rotatable bonds is 2. The van der Waals surface area contributed by atoms with Crippen LogP contribution in [0, 0.1) is 5.41 Å². The monoisotopic (exact) mass is 327 g/mol. The van der Waals surface area contributed by atoms with Crippen molar-refractivity contribution in [3.05, 3.63) is 42.0 Å². The van der Waals surface area contributed by atoms with Gasteiger partial charge in [0, 0.05) is 11.6 Å². The highest BCUT2D eigenvalue weighted by Gasteiger charge is 2.34. The normalized spacial score (nSPS) is 13.2. The largest absolute Gasteiger partial charge is 0.461 e. The van der Waals surface area contributed by atoms with Crippen LogP contribution in [0.25, 0.3) is 5.69 Å². The van der Waals surface area contributed by atoms with E-state index in [0.717, 1.165) is 11.4 Å². The average Bonchev–Trinajstić information content (AvgIpc) is 2.97. The number of fused-ring (bicyclic) bond motifs is 3. The van der Waals surface area contributed by atoms with Gasteiger partial charge in [-0.15, -0.1) is 0 Å². The third kappa shape index (κ3) is 2.68. The lowest BCUT2D eigenvalue weighted by molar-refractivity contribution is -0.126. The molecule has 0 bridgehead atoms. The molecule has 1 aromatic carbocycles. The first-order chi connectivity index (χ1) is 11.3. The van der Waals surface area contributed by atoms with Crippen molar-refractivity contribution in [2.24, 2.45) is 5.41 Å². The number of esters is 1. The van der Waals surface area contributed by atoms with E-state index < -0.39 is 11.4 Å². The zero-order valence-electron chi connectivity index (χ0n) is 14.4. The molecule has 0 saturated heterocycles. The van der Waals surface area contributed by atoms with Gasteiger partial charge >= 0.3 is 5.97 Å². The Morgan fingerprint density at radius 3 is 2.50 bits per heavy atom. The molecule has 126 valence electrons. The number of carbonyl (C=O) groups excluding carboxylic acids is 2. The van der Waals surface area contributed by atoms with E-state index in [1.807, 2.05) is 49.6 Å². The highest BCUT2D eigenvalue weighted by atomic mass is 16.5. The molecule has 0 unspecified atom stereocenters. The molecule has 6 heteroatoms. The summed E-state index contributed by atoms with van der Waals surface area (Å²) in [5.74, 6) is 0.210. The summed E-state index contributed by atoms with van der Waals surface area (Å²) >= 11 is 0. The zero-order chi connectivity index (χ0) is 17.5. The van der Waals surface area contributed by atoms with Crippen molar-refractivity contribution < 1.29 is 14.3 Å². The molecule has 0 atom stereocenters. The Morgan fingerprint density at radius 1 is 1.21 bits per heavy atom. The van der Waals surface area contributed by atoms with Gasteiger partial charge in [-0.2, -0.15) is 0 Å². The van der Waals surface area contributed by atoms with E-state index in [4.69, 9.17) is 4.74 Å². The maximum Gasteiger partial charge on any atom is 0.358 e. The molecular formula is C18H21N3O3. The highest BCUT2D eigenvalue weighted by Crippen LogP contribution is 2.34. The molecule has 3 rings (SSSR count). The molecule has 1 aromatic heterocycles. The molecule has 24 heavy (non-hydrogen) atoms. The second kappa shape index (κ2) is 5.78. The fraction of sp³-hybridized carbons (Fsp3) is 0.389. The maximum atomic E-state index is 12.8. The van der Waals surface area contributed by atoms with Crippen LogP contribution in [0.4, 0.5) is 5.69 Å². The predicted molar refractivity (Wildman–Crippen MR) is 90.2 cm³/mol. The summed E-state index contributed by atoms with van der Waals surface area (Å²) in [6.07, 6.45) is 1.67. The summed E-state index contributed by atoms with van der Waals surface area (Å²) in [5, 5.41) is 0. The van der Waals surface area contributed by atoms with Gasteiger partial charge in [0.15, 0.2) is 5.69 Å². The minimum absolute atomic E-state index is 0.0156. The fourth-order valence-corrected chi connectivity index (χ4v) is 2.75. The summed E-state index contributed by atoms with van der Waals surface area (Å²) < 4.78 is 6.88. The van der Waals surface area contributed by atoms with Gasteiger partial charge in [0.1, 0.15) is 5.82 Å². The molecule has 0 N–H and O–H groups in total. The molecule has 0 spiro atoms. The van der Waals surface area contributed by atoms with Gasteiger partial charge in [0.25, 0.3) is 0 Å². The number of aromatic nitrogens is 2. The molecule has 6 nitrogen and oxygen atoms in total. The predicted octanol–water partition coefficient (Wildman–Crippen LogP) is 2.94. The summed E-state index contributed by atoms with van der Waals surface area (Å²) in [6.45, 7) is 8.06. The molecule has 0 saturated carbocycles. The topological polar surface area (TPSA) is 64.4 Å². The first kappa shape index (κ1) is 16.2. The molecule has 0 aliphatic carbocycles. The Hall–Kier alpha value is -2.63. The average molecular weight is 327 g/mol. The van der Waals surface area contributed by atoms with Crippen LogP contribution in [-0.4, -0.2) is 28.0 Å². The fourth-order valence-electron chi connectivity index (χ4n) is 2.75. The SMILES string of the molecule is CCOC(=O)c1cn2c(n1)CN(C(=O)C(C)(C)C)c1ccccc1-2. The number of carbonyl (C=O) groups is 2. The Labute approximate surface area is 141 Å². The molecule has 2 heterocycles. The first-order valence-corrected chi connectivity index (χ1v) is 7.99. The van der Waals surface area contributed by atoms with E-state index >= 15 is 0 Å². The van der Waals surface area contributed by atoms with Crippen molar-refractivity contribution in [1.82, 2.24) is 9.55 Å². The minimum Gasteiger partial charge on any atom is -0.461 e. The molecule has 0 radical (unpaired) electrons. The summed E-state index contributed by atoms with van der Waals surface area (Å²) in [6, 6.07) is 7.62. The standard InChI is InChI=1S/C18H21N3O3/c1-5-24-16(22)12-10-20-13-8-6-7-9-14(13)21(11-15(20)19-12)17(23)18(2,3)4/h6-10H,5,11H2,1-4H3. The summed E-state index contributed by atoms with van der Waals surface area (Å²) in [5.41, 5.74) is 1.40. The van der Waals surface area contributed by atoms with Crippen LogP contribution in [0.15, 0.2) is 30.5 Å². The number of benzene rings is 1. The Morgan fingerprint density at radius 2 is 1.88 bits per heavy atom. The Kier molecular flexibility index (Phi) is 3.91. The number of ether oxygens (including phenoxy) is 1. The van der Waals surface area contributed by atoms with Gasteiger partial charge in [-0.3, -0.25) is 9.36 Å². The van der Waals surface area contributed by atoms with E-state index in [0.29, 0.717) is 19.0 Å². The van der Waals surface area contributed by atoms with Gasteiger partial charge in [0.05, 0.1) is 24.5 Å². The van der Waals surface area contributed by atoms with Crippen LogP contribution >= 0.6 is 0 Å². The van der Waals surface area contributed by atoms with Crippen molar-refractivity contribution in [2.45, 2.75) is 34.2 Å². The Balaban J connectivity index is 2.08. The second-order valence-corrected chi connectivity index (χ2v) is 6.76. The van der Waals surface area contributed by atoms with E-state index in [-0.39, 0.29) is 11.6 Å². The number of anilines is 1. The lowest BCUT2D eigenvalue weighted by Crippen LogP contribution is -2.42. The molecule has 1 aliphatic rings. The number of hydrogen-bond acceptors (Lipinski definition) is 4. The molecule has 2 aromatic rings. The molecule has 0 fully saturated rings. The lowest BCUT2D eigenvalue weighted by Gasteiger charge is -2.34. The lowest BCUT2D eigenvalue weighted by atomic mass is 9.94. The van der Waals surface area contributed by atoms with Crippen LogP contribution in [-0.2, 0) is 16.1 Å². The maximum absolute atomic E-state index is 12.8. The minimum atomic E-state index is -0.508. The summed E-state index contributed by atoms with van der Waals surface area (Å²) in [4.78, 5) is 30.9. The second-order valence-electron chi connectivity index (χ2n) is 6.76. The van der Waals surface area contributed by atoms with E-state index in [2.05, 4.69) is 4.98 Å². The number of imidazole rings is 1. The van der Waals surface area contributed by atoms with Crippen molar-refractivity contribution >= 4 is 17.6 Å². The molecule has 1 aliphatic heterocycles. The van der Waals surface area contributed by atoms with Crippen LogP contribution in [0.1, 0.15) is 44.0 Å². The van der Waals surface area contributed by atoms with E-state index in [9.17, 15) is 9.59 Å². The van der Waals surface area contributed by atoms with Gasteiger partial charge in [-0.05, 0) is 19.1 Å². The van der Waals surface area contributed by atoms with Crippen LogP contribution < -0.4 is 4.90 Å². The third-order valence-corrected chi connectivity index (χ3v) is 3.88. The highest BCUT2D eigenvalue weighted by molar-refractivity contribution is 5.99. The van der Waals surface area contributed by atoms with Crippen LogP contribution in [0.5, 0.6) is 0 Å². The van der Waals surface area contributed by atoms with E-state index in [1.54, 1.807) is 18.0 Å². The van der Waals surface area contributed by atoms with Gasteiger partial charge in [-0.1, -0.05) is 32.9 Å². The van der Waals surface area contributed by atoms with Gasteiger partial charge < -0.3 is 9.64 Å². The quantitative estimate of drug-likeness (QED) is 0.796. The number of amides is 1. The van der Waals surface area contributed by atoms with Crippen molar-refractivity contribution in [3.63, 3.8) is 0 Å². The molecular weight excluding hydrogens is 306 g/mol. The van der Waals surface area contributed by atoms with Crippen molar-refractivity contribution in [2.75, 3.05) is 11.5 Å². The van der Waals surface area contributed by atoms with Crippen LogP contribution in [0.2, 0.25) is 0 Å². The third-order valence-electron chi connectivity index (χ3n) is 3.88. The smallest absolute Gasteiger partial charge is 0.358 e. The first-order valence-electron chi connectivity index (χ1n) is 7.99. The van der Waals surface area contributed by atoms with Crippen LogP contribution in [0.3, 0.4) is 0 Å².